The van der Waals surface area contributed by atoms with Gasteiger partial charge in [-0.3, -0.25) is 9.69 Å². The van der Waals surface area contributed by atoms with E-state index in [1.807, 2.05) is 30.3 Å². The van der Waals surface area contributed by atoms with Crippen molar-refractivity contribution in [3.05, 3.63) is 65.7 Å². The van der Waals surface area contributed by atoms with Gasteiger partial charge in [0.15, 0.2) is 0 Å². The van der Waals surface area contributed by atoms with Crippen LogP contribution in [0.4, 0.5) is 4.79 Å². The summed E-state index contributed by atoms with van der Waals surface area (Å²) in [5, 5.41) is 2.83. The molecule has 1 atom stereocenters. The Hall–Kier alpha value is -2.82. The Bertz CT molecular complexity index is 741. The molecule has 1 heterocycles. The smallest absolute Gasteiger partial charge is 0.410 e. The minimum Gasteiger partial charge on any atom is -0.410 e. The Balaban J connectivity index is 1.83. The quantitative estimate of drug-likeness (QED) is 0.932. The van der Waals surface area contributed by atoms with E-state index in [1.165, 1.54) is 10.5 Å². The van der Waals surface area contributed by atoms with Gasteiger partial charge in [0, 0.05) is 13.1 Å². The molecule has 1 aliphatic rings. The Kier molecular flexibility index (Phi) is 5.03. The first-order valence-electron chi connectivity index (χ1n) is 8.47. The number of piperazine rings is 1. The zero-order valence-electron chi connectivity index (χ0n) is 14.4. The van der Waals surface area contributed by atoms with E-state index in [-0.39, 0.29) is 5.91 Å². The van der Waals surface area contributed by atoms with Gasteiger partial charge in [-0.05, 0) is 29.2 Å². The van der Waals surface area contributed by atoms with Crippen molar-refractivity contribution in [1.82, 2.24) is 10.2 Å². The van der Waals surface area contributed by atoms with Crippen LogP contribution in [0.25, 0.3) is 0 Å². The largest absolute Gasteiger partial charge is 0.416 e. The molecule has 5 nitrogen and oxygen atoms in total. The van der Waals surface area contributed by atoms with Crippen molar-refractivity contribution in [3.8, 4) is 5.75 Å². The zero-order chi connectivity index (χ0) is 17.8. The lowest BCUT2D eigenvalue weighted by Gasteiger charge is -2.34. The molecule has 2 aromatic rings. The number of nitrogens with one attached hydrogen (secondary N) is 1. The van der Waals surface area contributed by atoms with Gasteiger partial charge in [0.25, 0.3) is 0 Å². The van der Waals surface area contributed by atoms with Crippen LogP contribution >= 0.6 is 0 Å². The fourth-order valence-corrected chi connectivity index (χ4v) is 2.91. The zero-order valence-corrected chi connectivity index (χ0v) is 14.4. The number of benzene rings is 2. The Morgan fingerprint density at radius 1 is 1.12 bits per heavy atom. The van der Waals surface area contributed by atoms with Crippen LogP contribution < -0.4 is 10.1 Å². The van der Waals surface area contributed by atoms with Crippen molar-refractivity contribution in [1.29, 1.82) is 0 Å². The number of para-hydroxylation sites is 1. The van der Waals surface area contributed by atoms with Crippen molar-refractivity contribution < 1.29 is 14.3 Å². The lowest BCUT2D eigenvalue weighted by Crippen LogP contribution is -2.52. The van der Waals surface area contributed by atoms with Gasteiger partial charge in [0.05, 0.1) is 0 Å². The van der Waals surface area contributed by atoms with Gasteiger partial charge in [-0.25, -0.2) is 4.79 Å². The minimum atomic E-state index is -0.675. The molecule has 2 aromatic carbocycles. The molecule has 0 aromatic heterocycles. The highest BCUT2D eigenvalue weighted by Crippen LogP contribution is 2.26. The van der Waals surface area contributed by atoms with Gasteiger partial charge in [0.1, 0.15) is 11.8 Å². The van der Waals surface area contributed by atoms with Crippen LogP contribution in [-0.2, 0) is 4.79 Å². The number of carbonyl (C=O) groups is 2. The molecule has 1 N–H and O–H groups in total. The lowest BCUT2D eigenvalue weighted by atomic mass is 9.97. The van der Waals surface area contributed by atoms with Gasteiger partial charge in [-0.2, -0.15) is 0 Å². The van der Waals surface area contributed by atoms with Crippen molar-refractivity contribution in [2.75, 3.05) is 13.1 Å². The van der Waals surface area contributed by atoms with Crippen molar-refractivity contribution in [2.24, 2.45) is 0 Å². The first-order valence-corrected chi connectivity index (χ1v) is 8.47. The first kappa shape index (κ1) is 17.0. The van der Waals surface area contributed by atoms with Gasteiger partial charge < -0.3 is 10.1 Å². The number of nitrogens with zero attached hydrogens (tertiary/aromatic N) is 1. The second-order valence-electron chi connectivity index (χ2n) is 6.39. The molecule has 0 radical (unpaired) electrons. The fourth-order valence-electron chi connectivity index (χ4n) is 2.91. The van der Waals surface area contributed by atoms with Crippen LogP contribution in [0, 0.1) is 0 Å². The van der Waals surface area contributed by atoms with E-state index in [1.54, 1.807) is 24.3 Å². The standard InChI is InChI=1S/C20H22N2O3/c1-14(2)15-8-10-16(11-9-15)18-19(23)21-12-13-22(18)20(24)25-17-6-4-3-5-7-17/h3-11,14,18H,12-13H2,1-2H3,(H,21,23). The van der Waals surface area contributed by atoms with Crippen LogP contribution in [0.3, 0.4) is 0 Å². The summed E-state index contributed by atoms with van der Waals surface area (Å²) in [5.41, 5.74) is 1.98. The third-order valence-corrected chi connectivity index (χ3v) is 4.31. The van der Waals surface area contributed by atoms with E-state index in [4.69, 9.17) is 4.74 Å². The summed E-state index contributed by atoms with van der Waals surface area (Å²) in [7, 11) is 0. The maximum Gasteiger partial charge on any atom is 0.416 e. The molecule has 25 heavy (non-hydrogen) atoms. The highest BCUT2D eigenvalue weighted by Gasteiger charge is 2.35. The number of hydrogen-bond acceptors (Lipinski definition) is 3. The summed E-state index contributed by atoms with van der Waals surface area (Å²) in [6.07, 6.45) is -0.515. The Morgan fingerprint density at radius 3 is 2.44 bits per heavy atom. The molecule has 1 aliphatic heterocycles. The number of carbonyl (C=O) groups excluding carboxylic acids is 2. The highest BCUT2D eigenvalue weighted by atomic mass is 16.6. The van der Waals surface area contributed by atoms with Gasteiger partial charge in [0.2, 0.25) is 5.91 Å². The third-order valence-electron chi connectivity index (χ3n) is 4.31. The number of amides is 2. The molecule has 1 saturated heterocycles. The van der Waals surface area contributed by atoms with Crippen LogP contribution in [0.15, 0.2) is 54.6 Å². The first-order chi connectivity index (χ1) is 12.1. The van der Waals surface area contributed by atoms with E-state index in [9.17, 15) is 9.59 Å². The van der Waals surface area contributed by atoms with E-state index >= 15 is 0 Å². The summed E-state index contributed by atoms with van der Waals surface area (Å²) in [4.78, 5) is 26.5. The average Bonchev–Trinajstić information content (AvgIpc) is 2.62. The molecule has 0 aliphatic carbocycles. The van der Waals surface area contributed by atoms with Crippen LogP contribution in [0.2, 0.25) is 0 Å². The Labute approximate surface area is 147 Å². The SMILES string of the molecule is CC(C)c1ccc(C2C(=O)NCCN2C(=O)Oc2ccccc2)cc1. The summed E-state index contributed by atoms with van der Waals surface area (Å²) < 4.78 is 5.42. The summed E-state index contributed by atoms with van der Waals surface area (Å²) in [6.45, 7) is 5.06. The number of ether oxygens (including phenoxy) is 1. The lowest BCUT2D eigenvalue weighted by molar-refractivity contribution is -0.128. The molecule has 1 unspecified atom stereocenters. The van der Waals surface area contributed by atoms with E-state index < -0.39 is 12.1 Å². The maximum absolute atomic E-state index is 12.6. The molecule has 0 spiro atoms. The minimum absolute atomic E-state index is 0.187. The third kappa shape index (κ3) is 3.82. The monoisotopic (exact) mass is 338 g/mol. The van der Waals surface area contributed by atoms with Crippen LogP contribution in [0.1, 0.15) is 36.9 Å². The Morgan fingerprint density at radius 2 is 1.80 bits per heavy atom. The molecule has 0 saturated carbocycles. The van der Waals surface area contributed by atoms with Crippen molar-refractivity contribution in [3.63, 3.8) is 0 Å². The van der Waals surface area contributed by atoms with Gasteiger partial charge in [-0.15, -0.1) is 0 Å². The molecular weight excluding hydrogens is 316 g/mol. The molecule has 130 valence electrons. The van der Waals surface area contributed by atoms with E-state index in [0.29, 0.717) is 24.8 Å². The predicted molar refractivity (Wildman–Crippen MR) is 95.5 cm³/mol. The highest BCUT2D eigenvalue weighted by molar-refractivity contribution is 5.88. The summed E-state index contributed by atoms with van der Waals surface area (Å²) in [6, 6.07) is 16.0. The fraction of sp³-hybridized carbons (Fsp3) is 0.300. The molecule has 1 fully saturated rings. The van der Waals surface area contributed by atoms with Crippen LogP contribution in [-0.4, -0.2) is 30.0 Å². The topological polar surface area (TPSA) is 58.6 Å². The molecule has 0 bridgehead atoms. The van der Waals surface area contributed by atoms with Crippen molar-refractivity contribution >= 4 is 12.0 Å². The number of rotatable bonds is 3. The van der Waals surface area contributed by atoms with Crippen molar-refractivity contribution in [2.45, 2.75) is 25.8 Å². The molecule has 5 heteroatoms. The normalized spacial score (nSPS) is 17.3. The van der Waals surface area contributed by atoms with E-state index in [0.717, 1.165) is 5.56 Å². The van der Waals surface area contributed by atoms with Gasteiger partial charge in [-0.1, -0.05) is 56.3 Å². The molecule has 2 amide bonds. The second-order valence-corrected chi connectivity index (χ2v) is 6.39. The van der Waals surface area contributed by atoms with E-state index in [2.05, 4.69) is 19.2 Å². The maximum atomic E-state index is 12.6. The molecular formula is C20H22N2O3. The predicted octanol–water partition coefficient (Wildman–Crippen LogP) is 3.48. The van der Waals surface area contributed by atoms with Crippen LogP contribution in [0.5, 0.6) is 5.75 Å². The summed E-state index contributed by atoms with van der Waals surface area (Å²) >= 11 is 0. The molecule has 3 rings (SSSR count). The summed E-state index contributed by atoms with van der Waals surface area (Å²) in [5.74, 6) is 0.689. The second kappa shape index (κ2) is 7.38. The average molecular weight is 338 g/mol. The van der Waals surface area contributed by atoms with Gasteiger partial charge >= 0.3 is 6.09 Å². The number of hydrogen-bond donors (Lipinski definition) is 1.